The van der Waals surface area contributed by atoms with Gasteiger partial charge in [-0.15, -0.1) is 10.2 Å². The third-order valence-electron chi connectivity index (χ3n) is 4.28. The molecule has 0 saturated carbocycles. The number of anilines is 3. The third-order valence-corrected chi connectivity index (χ3v) is 4.28. The van der Waals surface area contributed by atoms with Crippen molar-refractivity contribution in [2.75, 3.05) is 23.8 Å². The minimum absolute atomic E-state index is 0.168. The zero-order valence-electron chi connectivity index (χ0n) is 14.7. The van der Waals surface area contributed by atoms with E-state index in [2.05, 4.69) is 25.8 Å². The van der Waals surface area contributed by atoms with Crippen LogP contribution < -0.4 is 10.6 Å². The van der Waals surface area contributed by atoms with Crippen molar-refractivity contribution < 1.29 is 9.13 Å². The lowest BCUT2D eigenvalue weighted by atomic mass is 10.2. The second-order valence-corrected chi connectivity index (χ2v) is 6.07. The molecule has 25 heavy (non-hydrogen) atoms. The van der Waals surface area contributed by atoms with E-state index in [0.717, 1.165) is 43.7 Å². The van der Waals surface area contributed by atoms with E-state index in [-0.39, 0.29) is 11.9 Å². The number of ether oxygens (including phenoxy) is 1. The van der Waals surface area contributed by atoms with Crippen LogP contribution in [0.5, 0.6) is 0 Å². The highest BCUT2D eigenvalue weighted by atomic mass is 19.1. The van der Waals surface area contributed by atoms with E-state index in [0.29, 0.717) is 23.9 Å². The molecule has 0 radical (unpaired) electrons. The summed E-state index contributed by atoms with van der Waals surface area (Å²) in [4.78, 5) is 4.46. The van der Waals surface area contributed by atoms with Crippen molar-refractivity contribution in [3.8, 4) is 0 Å². The van der Waals surface area contributed by atoms with Crippen LogP contribution in [-0.4, -0.2) is 34.4 Å². The van der Waals surface area contributed by atoms with Gasteiger partial charge in [-0.2, -0.15) is 0 Å². The van der Waals surface area contributed by atoms with Crippen molar-refractivity contribution in [1.82, 2.24) is 15.2 Å². The zero-order valence-corrected chi connectivity index (χ0v) is 14.7. The summed E-state index contributed by atoms with van der Waals surface area (Å²) in [6.45, 7) is 5.47. The Balaban J connectivity index is 1.66. The molecule has 1 unspecified atom stereocenters. The van der Waals surface area contributed by atoms with Crippen LogP contribution in [-0.2, 0) is 17.6 Å². The first-order valence-electron chi connectivity index (χ1n) is 8.84. The molecular formula is C18H24FN5O. The van der Waals surface area contributed by atoms with Crippen LogP contribution in [0.15, 0.2) is 18.2 Å². The Morgan fingerprint density at radius 2 is 2.04 bits per heavy atom. The molecule has 0 aliphatic carbocycles. The van der Waals surface area contributed by atoms with Gasteiger partial charge in [0.2, 0.25) is 5.95 Å². The molecule has 1 aromatic carbocycles. The number of nitrogens with one attached hydrogen (secondary N) is 2. The highest BCUT2D eigenvalue weighted by Gasteiger charge is 2.15. The Morgan fingerprint density at radius 3 is 2.72 bits per heavy atom. The van der Waals surface area contributed by atoms with Crippen LogP contribution in [0.4, 0.5) is 21.7 Å². The Hall–Kier alpha value is -2.28. The number of hydrogen-bond acceptors (Lipinski definition) is 6. The van der Waals surface area contributed by atoms with Gasteiger partial charge in [0.15, 0.2) is 0 Å². The number of halogens is 1. The smallest absolute Gasteiger partial charge is 0.247 e. The van der Waals surface area contributed by atoms with Gasteiger partial charge in [-0.1, -0.05) is 13.8 Å². The summed E-state index contributed by atoms with van der Waals surface area (Å²) >= 11 is 0. The molecular weight excluding hydrogens is 321 g/mol. The Kier molecular flexibility index (Phi) is 5.75. The predicted octanol–water partition coefficient (Wildman–Crippen LogP) is 3.47. The molecule has 1 aromatic heterocycles. The summed E-state index contributed by atoms with van der Waals surface area (Å²) in [6, 6.07) is 4.94. The number of hydrogen-bond donors (Lipinski definition) is 2. The second kappa shape index (κ2) is 8.20. The SMILES string of the molecule is CCc1nnc(Nc2ccc(NCC3CCCO3)c(F)c2)nc1CC. The summed E-state index contributed by atoms with van der Waals surface area (Å²) in [7, 11) is 0. The Morgan fingerprint density at radius 1 is 1.20 bits per heavy atom. The fourth-order valence-electron chi connectivity index (χ4n) is 2.89. The minimum Gasteiger partial charge on any atom is -0.380 e. The third kappa shape index (κ3) is 4.42. The molecule has 0 spiro atoms. The molecule has 1 saturated heterocycles. The van der Waals surface area contributed by atoms with Gasteiger partial charge in [-0.25, -0.2) is 9.37 Å². The molecule has 3 rings (SSSR count). The van der Waals surface area contributed by atoms with Gasteiger partial charge in [0.1, 0.15) is 5.82 Å². The highest BCUT2D eigenvalue weighted by Crippen LogP contribution is 2.22. The lowest BCUT2D eigenvalue weighted by Gasteiger charge is -2.13. The second-order valence-electron chi connectivity index (χ2n) is 6.07. The summed E-state index contributed by atoms with van der Waals surface area (Å²) in [5, 5.41) is 14.4. The standard InChI is InChI=1S/C18H24FN5O/c1-3-15-16(4-2)23-24-18(22-15)21-12-7-8-17(14(19)10-12)20-11-13-6-5-9-25-13/h7-8,10,13,20H,3-6,9,11H2,1-2H3,(H,21,22,24). The number of aromatic nitrogens is 3. The van der Waals surface area contributed by atoms with Crippen LogP contribution in [0.1, 0.15) is 38.1 Å². The average Bonchev–Trinajstić information content (AvgIpc) is 3.14. The van der Waals surface area contributed by atoms with E-state index in [9.17, 15) is 4.39 Å². The van der Waals surface area contributed by atoms with Gasteiger partial charge < -0.3 is 15.4 Å². The quantitative estimate of drug-likeness (QED) is 0.801. The lowest BCUT2D eigenvalue weighted by molar-refractivity contribution is 0.120. The summed E-state index contributed by atoms with van der Waals surface area (Å²) in [5.74, 6) is 0.0605. The molecule has 134 valence electrons. The summed E-state index contributed by atoms with van der Waals surface area (Å²) in [6.07, 6.45) is 3.84. The van der Waals surface area contributed by atoms with Gasteiger partial charge in [0.05, 0.1) is 23.2 Å². The van der Waals surface area contributed by atoms with E-state index in [1.807, 2.05) is 13.8 Å². The van der Waals surface area contributed by atoms with Crippen molar-refractivity contribution in [2.45, 2.75) is 45.6 Å². The maximum atomic E-state index is 14.3. The fraction of sp³-hybridized carbons (Fsp3) is 0.500. The Labute approximate surface area is 147 Å². The van der Waals surface area contributed by atoms with E-state index < -0.39 is 0 Å². The van der Waals surface area contributed by atoms with E-state index >= 15 is 0 Å². The van der Waals surface area contributed by atoms with E-state index in [1.165, 1.54) is 6.07 Å². The van der Waals surface area contributed by atoms with Crippen molar-refractivity contribution in [1.29, 1.82) is 0 Å². The van der Waals surface area contributed by atoms with Gasteiger partial charge >= 0.3 is 0 Å². The molecule has 2 N–H and O–H groups in total. The molecule has 6 nitrogen and oxygen atoms in total. The van der Waals surface area contributed by atoms with E-state index in [1.54, 1.807) is 12.1 Å². The first-order valence-corrected chi connectivity index (χ1v) is 8.84. The van der Waals surface area contributed by atoms with E-state index in [4.69, 9.17) is 4.74 Å². The molecule has 1 aliphatic rings. The van der Waals surface area contributed by atoms with Crippen molar-refractivity contribution in [2.24, 2.45) is 0 Å². The molecule has 1 aliphatic heterocycles. The topological polar surface area (TPSA) is 72.0 Å². The molecule has 1 fully saturated rings. The normalized spacial score (nSPS) is 16.8. The maximum Gasteiger partial charge on any atom is 0.247 e. The van der Waals surface area contributed by atoms with Gasteiger partial charge in [-0.3, -0.25) is 0 Å². The Bertz CT molecular complexity index is 719. The molecule has 2 aromatic rings. The molecule has 7 heteroatoms. The van der Waals surface area contributed by atoms with Crippen LogP contribution in [0, 0.1) is 5.82 Å². The number of rotatable bonds is 7. The number of nitrogens with zero attached hydrogens (tertiary/aromatic N) is 3. The number of benzene rings is 1. The van der Waals surface area contributed by atoms with Gasteiger partial charge in [0, 0.05) is 18.8 Å². The average molecular weight is 345 g/mol. The first-order chi connectivity index (χ1) is 12.2. The molecule has 2 heterocycles. The van der Waals surface area contributed by atoms with Crippen LogP contribution in [0.2, 0.25) is 0 Å². The van der Waals surface area contributed by atoms with Crippen LogP contribution in [0.25, 0.3) is 0 Å². The minimum atomic E-state index is -0.322. The van der Waals surface area contributed by atoms with Crippen molar-refractivity contribution >= 4 is 17.3 Å². The molecule has 0 amide bonds. The van der Waals surface area contributed by atoms with Crippen LogP contribution in [0.3, 0.4) is 0 Å². The zero-order chi connectivity index (χ0) is 17.6. The van der Waals surface area contributed by atoms with Crippen molar-refractivity contribution in [3.05, 3.63) is 35.4 Å². The molecule has 1 atom stereocenters. The monoisotopic (exact) mass is 345 g/mol. The fourth-order valence-corrected chi connectivity index (χ4v) is 2.89. The predicted molar refractivity (Wildman–Crippen MR) is 95.7 cm³/mol. The highest BCUT2D eigenvalue weighted by molar-refractivity contribution is 5.59. The lowest BCUT2D eigenvalue weighted by Crippen LogP contribution is -2.18. The molecule has 0 bridgehead atoms. The van der Waals surface area contributed by atoms with Crippen LogP contribution >= 0.6 is 0 Å². The largest absolute Gasteiger partial charge is 0.380 e. The first kappa shape index (κ1) is 17.5. The summed E-state index contributed by atoms with van der Waals surface area (Å²) in [5.41, 5.74) is 2.87. The van der Waals surface area contributed by atoms with Crippen molar-refractivity contribution in [3.63, 3.8) is 0 Å². The maximum absolute atomic E-state index is 14.3. The van der Waals surface area contributed by atoms with Gasteiger partial charge in [0.25, 0.3) is 0 Å². The number of aryl methyl sites for hydroxylation is 2. The summed E-state index contributed by atoms with van der Waals surface area (Å²) < 4.78 is 19.8. The van der Waals surface area contributed by atoms with Gasteiger partial charge in [-0.05, 0) is 43.9 Å².